The second-order valence-electron chi connectivity index (χ2n) is 2.39. The third kappa shape index (κ3) is 1.10. The molecule has 0 aromatic heterocycles. The summed E-state index contributed by atoms with van der Waals surface area (Å²) in [5.41, 5.74) is 0. The molecule has 4 nitrogen and oxygen atoms in total. The standard InChI is InChI=1S/C6H9NO3/c1-3-4(2)10-6(9)7-5(3)8/h3-4H,1-2H3,(H,7,8,9). The molecule has 4 heteroatoms. The Labute approximate surface area is 58.5 Å². The van der Waals surface area contributed by atoms with Crippen LogP contribution in [0.15, 0.2) is 0 Å². The number of amides is 2. The zero-order valence-corrected chi connectivity index (χ0v) is 5.88. The molecule has 1 heterocycles. The summed E-state index contributed by atoms with van der Waals surface area (Å²) < 4.78 is 4.70. The fraction of sp³-hybridized carbons (Fsp3) is 0.667. The second-order valence-corrected chi connectivity index (χ2v) is 2.39. The maximum absolute atomic E-state index is 10.8. The number of carbonyl (C=O) groups excluding carboxylic acids is 2. The molecule has 0 aromatic rings. The van der Waals surface area contributed by atoms with Gasteiger partial charge in [0.05, 0.1) is 5.92 Å². The molecule has 1 fully saturated rings. The van der Waals surface area contributed by atoms with Crippen molar-refractivity contribution in [3.8, 4) is 0 Å². The van der Waals surface area contributed by atoms with Crippen molar-refractivity contribution in [1.29, 1.82) is 0 Å². The van der Waals surface area contributed by atoms with Gasteiger partial charge in [-0.25, -0.2) is 4.79 Å². The molecule has 10 heavy (non-hydrogen) atoms. The van der Waals surface area contributed by atoms with Gasteiger partial charge in [-0.3, -0.25) is 10.1 Å². The number of nitrogens with one attached hydrogen (secondary N) is 1. The smallest absolute Gasteiger partial charge is 0.414 e. The molecule has 1 N–H and O–H groups in total. The summed E-state index contributed by atoms with van der Waals surface area (Å²) in [6.07, 6.45) is -0.947. The molecule has 0 radical (unpaired) electrons. The fourth-order valence-electron chi connectivity index (χ4n) is 0.728. The first kappa shape index (κ1) is 7.05. The number of hydrogen-bond acceptors (Lipinski definition) is 3. The van der Waals surface area contributed by atoms with E-state index < -0.39 is 6.09 Å². The quantitative estimate of drug-likeness (QED) is 0.529. The first-order valence-corrected chi connectivity index (χ1v) is 3.12. The van der Waals surface area contributed by atoms with Gasteiger partial charge in [-0.05, 0) is 6.92 Å². The molecule has 1 aliphatic rings. The van der Waals surface area contributed by atoms with Gasteiger partial charge in [-0.15, -0.1) is 0 Å². The van der Waals surface area contributed by atoms with Crippen LogP contribution in [-0.2, 0) is 9.53 Å². The number of cyclic esters (lactones) is 1. The van der Waals surface area contributed by atoms with Gasteiger partial charge in [-0.1, -0.05) is 6.92 Å². The van der Waals surface area contributed by atoms with E-state index in [-0.39, 0.29) is 17.9 Å². The van der Waals surface area contributed by atoms with Crippen LogP contribution in [0.1, 0.15) is 13.8 Å². The highest BCUT2D eigenvalue weighted by atomic mass is 16.6. The number of rotatable bonds is 0. The van der Waals surface area contributed by atoms with Crippen molar-refractivity contribution in [2.75, 3.05) is 0 Å². The molecule has 56 valence electrons. The van der Waals surface area contributed by atoms with E-state index in [0.29, 0.717) is 0 Å². The number of carbonyl (C=O) groups is 2. The van der Waals surface area contributed by atoms with Gasteiger partial charge in [0.1, 0.15) is 6.10 Å². The Bertz CT molecular complexity index is 178. The lowest BCUT2D eigenvalue weighted by molar-refractivity contribution is -0.130. The average molecular weight is 143 g/mol. The average Bonchev–Trinajstić information content (AvgIpc) is 1.82. The molecule has 0 aliphatic carbocycles. The van der Waals surface area contributed by atoms with E-state index in [1.807, 2.05) is 0 Å². The summed E-state index contributed by atoms with van der Waals surface area (Å²) in [5, 5.41) is 2.06. The number of ether oxygens (including phenoxy) is 1. The van der Waals surface area contributed by atoms with Crippen LogP contribution < -0.4 is 5.32 Å². The normalized spacial score (nSPS) is 33.0. The highest BCUT2D eigenvalue weighted by Gasteiger charge is 2.30. The van der Waals surface area contributed by atoms with E-state index in [9.17, 15) is 9.59 Å². The van der Waals surface area contributed by atoms with Gasteiger partial charge in [0.2, 0.25) is 5.91 Å². The van der Waals surface area contributed by atoms with Gasteiger partial charge in [-0.2, -0.15) is 0 Å². The summed E-state index contributed by atoms with van der Waals surface area (Å²) >= 11 is 0. The number of hydrogen-bond donors (Lipinski definition) is 1. The number of imide groups is 1. The highest BCUT2D eigenvalue weighted by molar-refractivity contribution is 5.95. The number of alkyl carbamates (subject to hydrolysis) is 1. The highest BCUT2D eigenvalue weighted by Crippen LogP contribution is 2.11. The lowest BCUT2D eigenvalue weighted by Gasteiger charge is -2.24. The van der Waals surface area contributed by atoms with Crippen LogP contribution in [0.5, 0.6) is 0 Å². The molecule has 2 unspecified atom stereocenters. The zero-order chi connectivity index (χ0) is 7.72. The van der Waals surface area contributed by atoms with Crippen molar-refractivity contribution < 1.29 is 14.3 Å². The van der Waals surface area contributed by atoms with Crippen LogP contribution in [0, 0.1) is 5.92 Å². The SMILES string of the molecule is CC1OC(=O)NC(=O)C1C. The van der Waals surface area contributed by atoms with Gasteiger partial charge in [0, 0.05) is 0 Å². The summed E-state index contributed by atoms with van der Waals surface area (Å²) in [4.78, 5) is 21.3. The van der Waals surface area contributed by atoms with E-state index in [0.717, 1.165) is 0 Å². The van der Waals surface area contributed by atoms with E-state index in [1.165, 1.54) is 0 Å². The van der Waals surface area contributed by atoms with Crippen molar-refractivity contribution in [2.24, 2.45) is 5.92 Å². The maximum atomic E-state index is 10.8. The summed E-state index contributed by atoms with van der Waals surface area (Å²) in [5.74, 6) is -0.499. The topological polar surface area (TPSA) is 55.4 Å². The van der Waals surface area contributed by atoms with Crippen LogP contribution in [0.25, 0.3) is 0 Å². The van der Waals surface area contributed by atoms with E-state index in [4.69, 9.17) is 4.74 Å². The van der Waals surface area contributed by atoms with E-state index in [1.54, 1.807) is 13.8 Å². The van der Waals surface area contributed by atoms with Crippen LogP contribution in [0.4, 0.5) is 4.79 Å². The predicted octanol–water partition coefficient (Wildman–Crippen LogP) is 0.277. The Kier molecular flexibility index (Phi) is 1.61. The third-order valence-corrected chi connectivity index (χ3v) is 1.64. The molecule has 2 amide bonds. The lowest BCUT2D eigenvalue weighted by Crippen LogP contribution is -2.47. The monoisotopic (exact) mass is 143 g/mol. The molecule has 1 aliphatic heterocycles. The van der Waals surface area contributed by atoms with Gasteiger partial charge >= 0.3 is 6.09 Å². The molecule has 1 saturated heterocycles. The van der Waals surface area contributed by atoms with Crippen molar-refractivity contribution in [1.82, 2.24) is 5.32 Å². The molecule has 2 atom stereocenters. The van der Waals surface area contributed by atoms with E-state index in [2.05, 4.69) is 5.32 Å². The Morgan fingerprint density at radius 3 is 2.50 bits per heavy atom. The summed E-state index contributed by atoms with van der Waals surface area (Å²) in [7, 11) is 0. The molecule has 0 aromatic carbocycles. The van der Waals surface area contributed by atoms with Crippen molar-refractivity contribution in [2.45, 2.75) is 20.0 Å². The first-order chi connectivity index (χ1) is 4.61. The third-order valence-electron chi connectivity index (χ3n) is 1.64. The van der Waals surface area contributed by atoms with Crippen LogP contribution >= 0.6 is 0 Å². The summed E-state index contributed by atoms with van der Waals surface area (Å²) in [6.45, 7) is 3.41. The Morgan fingerprint density at radius 1 is 1.40 bits per heavy atom. The van der Waals surface area contributed by atoms with Crippen molar-refractivity contribution in [3.05, 3.63) is 0 Å². The van der Waals surface area contributed by atoms with Crippen molar-refractivity contribution in [3.63, 3.8) is 0 Å². The minimum Gasteiger partial charge on any atom is -0.445 e. The molecular weight excluding hydrogens is 134 g/mol. The second kappa shape index (κ2) is 2.28. The van der Waals surface area contributed by atoms with Crippen LogP contribution in [-0.4, -0.2) is 18.1 Å². The minimum absolute atomic E-state index is 0.238. The fourth-order valence-corrected chi connectivity index (χ4v) is 0.728. The largest absolute Gasteiger partial charge is 0.445 e. The van der Waals surface area contributed by atoms with Gasteiger partial charge < -0.3 is 4.74 Å². The van der Waals surface area contributed by atoms with Gasteiger partial charge in [0.15, 0.2) is 0 Å². The minimum atomic E-state index is -0.643. The Balaban J connectivity index is 2.66. The Morgan fingerprint density at radius 2 is 2.00 bits per heavy atom. The van der Waals surface area contributed by atoms with Crippen LogP contribution in [0.2, 0.25) is 0 Å². The van der Waals surface area contributed by atoms with Gasteiger partial charge in [0.25, 0.3) is 0 Å². The zero-order valence-electron chi connectivity index (χ0n) is 5.88. The first-order valence-electron chi connectivity index (χ1n) is 3.12. The molecule has 1 rings (SSSR count). The predicted molar refractivity (Wildman–Crippen MR) is 33.2 cm³/mol. The Hall–Kier alpha value is -1.06. The lowest BCUT2D eigenvalue weighted by atomic mass is 10.0. The molecular formula is C6H9NO3. The molecule has 0 spiro atoms. The maximum Gasteiger partial charge on any atom is 0.414 e. The van der Waals surface area contributed by atoms with Crippen molar-refractivity contribution >= 4 is 12.0 Å². The summed E-state index contributed by atoms with van der Waals surface area (Å²) in [6, 6.07) is 0. The van der Waals surface area contributed by atoms with Crippen LogP contribution in [0.3, 0.4) is 0 Å². The molecule has 0 bridgehead atoms. The van der Waals surface area contributed by atoms with E-state index >= 15 is 0 Å². The molecule has 0 saturated carbocycles.